The Hall–Kier alpha value is -1.99. The van der Waals surface area contributed by atoms with Crippen molar-refractivity contribution in [3.8, 4) is 0 Å². The van der Waals surface area contributed by atoms with Gasteiger partial charge in [0.25, 0.3) is 0 Å². The van der Waals surface area contributed by atoms with Gasteiger partial charge in [-0.05, 0) is 31.0 Å². The Kier molecular flexibility index (Phi) is 4.08. The Morgan fingerprint density at radius 3 is 3.00 bits per heavy atom. The number of thiazole rings is 1. The largest absolute Gasteiger partial charge is 0.330 e. The molecule has 0 saturated carbocycles. The number of nitrogens with one attached hydrogen (secondary N) is 1. The van der Waals surface area contributed by atoms with Gasteiger partial charge in [-0.15, -0.1) is 0 Å². The number of nitrogens with zero attached hydrogens (tertiary/aromatic N) is 2. The van der Waals surface area contributed by atoms with Gasteiger partial charge in [0.15, 0.2) is 5.13 Å². The Bertz CT molecular complexity index is 727. The average Bonchev–Trinajstić information content (AvgIpc) is 2.78. The van der Waals surface area contributed by atoms with E-state index >= 15 is 0 Å². The zero-order valence-corrected chi connectivity index (χ0v) is 13.2. The number of nitrogens with two attached hydrogens (primary N) is 1. The molecule has 2 aromatic rings. The Morgan fingerprint density at radius 1 is 1.50 bits per heavy atom. The van der Waals surface area contributed by atoms with Crippen molar-refractivity contribution in [1.29, 1.82) is 0 Å². The monoisotopic (exact) mass is 318 g/mol. The molecule has 1 fully saturated rings. The molecular weight excluding hydrogens is 300 g/mol. The summed E-state index contributed by atoms with van der Waals surface area (Å²) in [5.41, 5.74) is 7.42. The van der Waals surface area contributed by atoms with Crippen LogP contribution in [0.5, 0.6) is 0 Å². The summed E-state index contributed by atoms with van der Waals surface area (Å²) in [6.07, 6.45) is 0.969. The second-order valence-electron chi connectivity index (χ2n) is 5.41. The SMILES string of the molecule is Cc1ccc2nc(NC(=O)[C@@H]3CCN3C(=O)CCN)sc2c1. The number of fused-ring (bicyclic) bond motifs is 1. The number of likely N-dealkylation sites (tertiary alicyclic amines) is 1. The highest BCUT2D eigenvalue weighted by Crippen LogP contribution is 2.28. The van der Waals surface area contributed by atoms with E-state index in [0.717, 1.165) is 15.8 Å². The average molecular weight is 318 g/mol. The topological polar surface area (TPSA) is 88.3 Å². The Labute approximate surface area is 132 Å². The van der Waals surface area contributed by atoms with Crippen LogP contribution >= 0.6 is 11.3 Å². The van der Waals surface area contributed by atoms with Gasteiger partial charge in [0.2, 0.25) is 11.8 Å². The fraction of sp³-hybridized carbons (Fsp3) is 0.400. The van der Waals surface area contributed by atoms with Gasteiger partial charge in [-0.3, -0.25) is 9.59 Å². The number of anilines is 1. The summed E-state index contributed by atoms with van der Waals surface area (Å²) < 4.78 is 1.04. The third-order valence-corrected chi connectivity index (χ3v) is 4.71. The van der Waals surface area contributed by atoms with Gasteiger partial charge in [0, 0.05) is 19.5 Å². The molecule has 1 atom stereocenters. The predicted molar refractivity (Wildman–Crippen MR) is 86.8 cm³/mol. The Balaban J connectivity index is 1.69. The summed E-state index contributed by atoms with van der Waals surface area (Å²) in [6, 6.07) is 5.58. The third kappa shape index (κ3) is 2.82. The molecule has 0 bridgehead atoms. The van der Waals surface area contributed by atoms with E-state index in [1.54, 1.807) is 4.90 Å². The van der Waals surface area contributed by atoms with Gasteiger partial charge in [0.1, 0.15) is 6.04 Å². The van der Waals surface area contributed by atoms with Crippen LogP contribution in [-0.2, 0) is 9.59 Å². The standard InChI is InChI=1S/C15H18N4O2S/c1-9-2-3-10-12(8-9)22-15(17-10)18-14(21)11-5-7-19(11)13(20)4-6-16/h2-3,8,11H,4-7,16H2,1H3,(H,17,18,21)/t11-/m0/s1. The van der Waals surface area contributed by atoms with E-state index in [1.807, 2.05) is 25.1 Å². The van der Waals surface area contributed by atoms with Crippen molar-refractivity contribution in [3.05, 3.63) is 23.8 Å². The van der Waals surface area contributed by atoms with Crippen LogP contribution in [0, 0.1) is 6.92 Å². The first-order valence-electron chi connectivity index (χ1n) is 7.26. The minimum Gasteiger partial charge on any atom is -0.330 e. The summed E-state index contributed by atoms with van der Waals surface area (Å²) >= 11 is 1.45. The predicted octanol–water partition coefficient (Wildman–Crippen LogP) is 1.49. The van der Waals surface area contributed by atoms with Crippen molar-refractivity contribution in [1.82, 2.24) is 9.88 Å². The molecule has 1 aromatic carbocycles. The molecule has 7 heteroatoms. The van der Waals surface area contributed by atoms with Crippen molar-refractivity contribution >= 4 is 38.5 Å². The van der Waals surface area contributed by atoms with E-state index in [1.165, 1.54) is 11.3 Å². The first-order valence-corrected chi connectivity index (χ1v) is 8.07. The molecule has 0 unspecified atom stereocenters. The van der Waals surface area contributed by atoms with Gasteiger partial charge in [-0.2, -0.15) is 0 Å². The molecule has 22 heavy (non-hydrogen) atoms. The molecule has 0 radical (unpaired) electrons. The van der Waals surface area contributed by atoms with E-state index in [9.17, 15) is 9.59 Å². The summed E-state index contributed by atoms with van der Waals surface area (Å²) in [4.78, 5) is 30.1. The first-order chi connectivity index (χ1) is 10.6. The molecule has 2 amide bonds. The van der Waals surface area contributed by atoms with Gasteiger partial charge in [-0.1, -0.05) is 17.4 Å². The number of hydrogen-bond donors (Lipinski definition) is 2. The van der Waals surface area contributed by atoms with E-state index in [0.29, 0.717) is 24.6 Å². The van der Waals surface area contributed by atoms with Crippen molar-refractivity contribution in [2.75, 3.05) is 18.4 Å². The van der Waals surface area contributed by atoms with Crippen LogP contribution < -0.4 is 11.1 Å². The number of amides is 2. The quantitative estimate of drug-likeness (QED) is 0.894. The molecule has 0 aliphatic carbocycles. The number of carbonyl (C=O) groups excluding carboxylic acids is 2. The summed E-state index contributed by atoms with van der Waals surface area (Å²) in [5, 5.41) is 3.40. The highest BCUT2D eigenvalue weighted by atomic mass is 32.1. The van der Waals surface area contributed by atoms with Gasteiger partial charge < -0.3 is 16.0 Å². The number of aryl methyl sites for hydroxylation is 1. The van der Waals surface area contributed by atoms with Crippen LogP contribution in [0.25, 0.3) is 10.2 Å². The third-order valence-electron chi connectivity index (χ3n) is 3.77. The molecule has 1 aliphatic rings. The molecule has 6 nitrogen and oxygen atoms in total. The van der Waals surface area contributed by atoms with Crippen molar-refractivity contribution < 1.29 is 9.59 Å². The maximum Gasteiger partial charge on any atom is 0.249 e. The van der Waals surface area contributed by atoms with E-state index in [4.69, 9.17) is 5.73 Å². The molecule has 1 saturated heterocycles. The number of benzene rings is 1. The fourth-order valence-electron chi connectivity index (χ4n) is 2.50. The number of carbonyl (C=O) groups is 2. The smallest absolute Gasteiger partial charge is 0.249 e. The summed E-state index contributed by atoms with van der Waals surface area (Å²) in [5.74, 6) is -0.235. The summed E-state index contributed by atoms with van der Waals surface area (Å²) in [7, 11) is 0. The zero-order chi connectivity index (χ0) is 15.7. The molecule has 0 spiro atoms. The van der Waals surface area contributed by atoms with Crippen molar-refractivity contribution in [2.45, 2.75) is 25.8 Å². The van der Waals surface area contributed by atoms with E-state index in [-0.39, 0.29) is 18.2 Å². The van der Waals surface area contributed by atoms with Crippen LogP contribution in [0.15, 0.2) is 18.2 Å². The van der Waals surface area contributed by atoms with Gasteiger partial charge in [0.05, 0.1) is 10.2 Å². The van der Waals surface area contributed by atoms with E-state index < -0.39 is 6.04 Å². The lowest BCUT2D eigenvalue weighted by Gasteiger charge is -2.39. The minimum atomic E-state index is -0.396. The molecule has 1 aromatic heterocycles. The molecule has 3 rings (SSSR count). The number of hydrogen-bond acceptors (Lipinski definition) is 5. The highest BCUT2D eigenvalue weighted by molar-refractivity contribution is 7.22. The van der Waals surface area contributed by atoms with Crippen LogP contribution in [0.1, 0.15) is 18.4 Å². The molecule has 3 N–H and O–H groups in total. The maximum absolute atomic E-state index is 12.3. The van der Waals surface area contributed by atoms with Crippen LogP contribution in [-0.4, -0.2) is 40.8 Å². The second kappa shape index (κ2) is 6.02. The van der Waals surface area contributed by atoms with Crippen molar-refractivity contribution in [2.24, 2.45) is 5.73 Å². The van der Waals surface area contributed by atoms with Gasteiger partial charge >= 0.3 is 0 Å². The zero-order valence-electron chi connectivity index (χ0n) is 12.3. The normalized spacial score (nSPS) is 17.4. The molecule has 116 valence electrons. The van der Waals surface area contributed by atoms with Crippen LogP contribution in [0.2, 0.25) is 0 Å². The number of aromatic nitrogens is 1. The molecule has 2 heterocycles. The lowest BCUT2D eigenvalue weighted by atomic mass is 10.0. The second-order valence-corrected chi connectivity index (χ2v) is 6.44. The van der Waals surface area contributed by atoms with Crippen molar-refractivity contribution in [3.63, 3.8) is 0 Å². The lowest BCUT2D eigenvalue weighted by Crippen LogP contribution is -2.57. The van der Waals surface area contributed by atoms with E-state index in [2.05, 4.69) is 10.3 Å². The molecule has 1 aliphatic heterocycles. The Morgan fingerprint density at radius 2 is 2.32 bits per heavy atom. The molecular formula is C15H18N4O2S. The minimum absolute atomic E-state index is 0.0613. The highest BCUT2D eigenvalue weighted by Gasteiger charge is 2.37. The maximum atomic E-state index is 12.3. The number of rotatable bonds is 4. The lowest BCUT2D eigenvalue weighted by molar-refractivity contribution is -0.145. The first kappa shape index (κ1) is 14.9. The fourth-order valence-corrected chi connectivity index (χ4v) is 3.47. The van der Waals surface area contributed by atoms with Crippen LogP contribution in [0.3, 0.4) is 0 Å². The van der Waals surface area contributed by atoms with Gasteiger partial charge in [-0.25, -0.2) is 4.98 Å². The summed E-state index contributed by atoms with van der Waals surface area (Å²) in [6.45, 7) is 2.95. The van der Waals surface area contributed by atoms with Crippen LogP contribution in [0.4, 0.5) is 5.13 Å².